The minimum absolute atomic E-state index is 0.273. The Hall–Kier alpha value is -0.480. The lowest BCUT2D eigenvalue weighted by molar-refractivity contribution is 0.228. The van der Waals surface area contributed by atoms with Crippen molar-refractivity contribution in [1.82, 2.24) is 0 Å². The van der Waals surface area contributed by atoms with E-state index in [-0.39, 0.29) is 26.4 Å². The molecule has 1 rings (SSSR count). The van der Waals surface area contributed by atoms with Gasteiger partial charge >= 0.3 is 15.2 Å². The smallest absolute Gasteiger partial charge is 0.305 e. The monoisotopic (exact) mass is 350 g/mol. The molecule has 0 amide bonds. The van der Waals surface area contributed by atoms with Crippen LogP contribution in [0.2, 0.25) is 0 Å². The molecule has 1 aromatic carbocycles. The van der Waals surface area contributed by atoms with Gasteiger partial charge in [-0.25, -0.2) is 0 Å². The summed E-state index contributed by atoms with van der Waals surface area (Å²) < 4.78 is 46.4. The maximum absolute atomic E-state index is 12.7. The maximum Gasteiger partial charge on any atom is 0.361 e. The molecule has 0 fully saturated rings. The average Bonchev–Trinajstić information content (AvgIpc) is 2.48. The van der Waals surface area contributed by atoms with Crippen molar-refractivity contribution in [1.29, 1.82) is 0 Å². The van der Waals surface area contributed by atoms with Gasteiger partial charge in [0.2, 0.25) is 0 Å². The normalized spacial score (nSPS) is 12.5. The highest BCUT2D eigenvalue weighted by atomic mass is 31.2. The largest absolute Gasteiger partial charge is 0.361 e. The van der Waals surface area contributed by atoms with E-state index in [1.165, 1.54) is 0 Å². The molecule has 0 unspecified atom stereocenters. The van der Waals surface area contributed by atoms with Crippen molar-refractivity contribution in [2.24, 2.45) is 0 Å². The molecule has 0 aliphatic rings. The zero-order valence-corrected chi connectivity index (χ0v) is 15.3. The Bertz CT molecular complexity index is 474. The molecule has 0 bridgehead atoms. The van der Waals surface area contributed by atoms with Crippen LogP contribution in [-0.4, -0.2) is 26.4 Å². The van der Waals surface area contributed by atoms with Crippen LogP contribution in [0.5, 0.6) is 0 Å². The first-order chi connectivity index (χ1) is 10.5. The first-order valence-corrected chi connectivity index (χ1v) is 10.4. The van der Waals surface area contributed by atoms with Crippen LogP contribution in [0.15, 0.2) is 24.3 Å². The van der Waals surface area contributed by atoms with Crippen molar-refractivity contribution in [2.75, 3.05) is 26.4 Å². The van der Waals surface area contributed by atoms with Crippen molar-refractivity contribution in [2.45, 2.75) is 27.7 Å². The van der Waals surface area contributed by atoms with E-state index in [9.17, 15) is 9.13 Å². The van der Waals surface area contributed by atoms with Crippen molar-refractivity contribution < 1.29 is 27.2 Å². The van der Waals surface area contributed by atoms with Crippen LogP contribution in [0.3, 0.4) is 0 Å². The highest BCUT2D eigenvalue weighted by Gasteiger charge is 2.30. The van der Waals surface area contributed by atoms with Crippen molar-refractivity contribution in [3.8, 4) is 0 Å². The highest BCUT2D eigenvalue weighted by Crippen LogP contribution is 2.49. The van der Waals surface area contributed by atoms with Crippen LogP contribution in [0, 0.1) is 0 Å². The van der Waals surface area contributed by atoms with Gasteiger partial charge < -0.3 is 18.1 Å². The summed E-state index contributed by atoms with van der Waals surface area (Å²) in [6.45, 7) is 8.09. The van der Waals surface area contributed by atoms with E-state index in [1.54, 1.807) is 52.0 Å². The van der Waals surface area contributed by atoms with Gasteiger partial charge in [0.05, 0.1) is 37.0 Å². The van der Waals surface area contributed by atoms with Gasteiger partial charge in [0.25, 0.3) is 0 Å². The Balaban J connectivity index is 3.11. The Morgan fingerprint density at radius 2 is 0.864 bits per heavy atom. The Kier molecular flexibility index (Phi) is 7.98. The minimum Gasteiger partial charge on any atom is -0.305 e. The van der Waals surface area contributed by atoms with Crippen LogP contribution < -0.4 is 10.6 Å². The van der Waals surface area contributed by atoms with Crippen LogP contribution >= 0.6 is 15.2 Å². The quantitative estimate of drug-likeness (QED) is 0.602. The molecule has 22 heavy (non-hydrogen) atoms. The van der Waals surface area contributed by atoms with E-state index in [0.29, 0.717) is 10.6 Å². The molecular weight excluding hydrogens is 326 g/mol. The van der Waals surface area contributed by atoms with Crippen molar-refractivity contribution in [3.63, 3.8) is 0 Å². The lowest BCUT2D eigenvalue weighted by Gasteiger charge is -2.19. The van der Waals surface area contributed by atoms with Gasteiger partial charge in [0, 0.05) is 0 Å². The Labute approximate surface area is 132 Å². The molecule has 0 saturated carbocycles. The topological polar surface area (TPSA) is 71.1 Å². The fraction of sp³-hybridized carbons (Fsp3) is 0.571. The van der Waals surface area contributed by atoms with E-state index >= 15 is 0 Å². The summed E-state index contributed by atoms with van der Waals surface area (Å²) in [6, 6.07) is 6.30. The molecule has 8 heteroatoms. The summed E-state index contributed by atoms with van der Waals surface area (Å²) in [4.78, 5) is 0. The van der Waals surface area contributed by atoms with Crippen LogP contribution in [0.25, 0.3) is 0 Å². The zero-order valence-electron chi connectivity index (χ0n) is 13.5. The van der Waals surface area contributed by atoms with Crippen LogP contribution in [-0.2, 0) is 27.2 Å². The summed E-state index contributed by atoms with van der Waals surface area (Å²) in [7, 11) is -6.69. The highest BCUT2D eigenvalue weighted by molar-refractivity contribution is 7.63. The van der Waals surface area contributed by atoms with Crippen molar-refractivity contribution in [3.05, 3.63) is 24.3 Å². The fourth-order valence-electron chi connectivity index (χ4n) is 1.87. The van der Waals surface area contributed by atoms with Crippen LogP contribution in [0.1, 0.15) is 27.7 Å². The van der Waals surface area contributed by atoms with E-state index in [2.05, 4.69) is 0 Å². The molecule has 126 valence electrons. The molecule has 0 aliphatic carbocycles. The average molecular weight is 350 g/mol. The third kappa shape index (κ3) is 4.76. The van der Waals surface area contributed by atoms with Crippen molar-refractivity contribution >= 4 is 25.8 Å². The first-order valence-electron chi connectivity index (χ1n) is 7.35. The SMILES string of the molecule is CCOP(=O)(OCC)c1ccc(P(=O)(OCC)OCC)cc1. The molecule has 0 atom stereocenters. The molecule has 1 aromatic rings. The number of hydrogen-bond donors (Lipinski definition) is 0. The van der Waals surface area contributed by atoms with Gasteiger partial charge in [-0.05, 0) is 52.0 Å². The molecule has 6 nitrogen and oxygen atoms in total. The molecular formula is C14H24O6P2. The second-order valence-electron chi connectivity index (χ2n) is 4.18. The van der Waals surface area contributed by atoms with Gasteiger partial charge in [-0.1, -0.05) is 0 Å². The number of rotatable bonds is 10. The molecule has 0 saturated heterocycles. The number of benzene rings is 1. The minimum atomic E-state index is -3.35. The molecule has 0 N–H and O–H groups in total. The van der Waals surface area contributed by atoms with E-state index in [0.717, 1.165) is 0 Å². The summed E-state index contributed by atoms with van der Waals surface area (Å²) in [6.07, 6.45) is 0. The predicted octanol–water partition coefficient (Wildman–Crippen LogP) is 3.47. The lowest BCUT2D eigenvalue weighted by Crippen LogP contribution is -2.16. The fourth-order valence-corrected chi connectivity index (χ4v) is 5.00. The summed E-state index contributed by atoms with van der Waals surface area (Å²) >= 11 is 0. The molecule has 0 spiro atoms. The summed E-state index contributed by atoms with van der Waals surface area (Å²) in [5.74, 6) is 0. The second kappa shape index (κ2) is 8.97. The molecule has 0 heterocycles. The standard InChI is InChI=1S/C14H24O6P2/c1-5-17-21(15,18-6-2)13-9-11-14(12-10-13)22(16,19-7-3)20-8-4/h9-12H,5-8H2,1-4H3. The van der Waals surface area contributed by atoms with Gasteiger partial charge in [0.15, 0.2) is 0 Å². The van der Waals surface area contributed by atoms with E-state index in [4.69, 9.17) is 18.1 Å². The molecule has 0 radical (unpaired) electrons. The van der Waals surface area contributed by atoms with Gasteiger partial charge in [0.1, 0.15) is 0 Å². The molecule has 0 aromatic heterocycles. The van der Waals surface area contributed by atoms with E-state index in [1.807, 2.05) is 0 Å². The summed E-state index contributed by atoms with van der Waals surface area (Å²) in [5, 5.41) is 0.832. The third-order valence-electron chi connectivity index (χ3n) is 2.68. The predicted molar refractivity (Wildman–Crippen MR) is 87.4 cm³/mol. The van der Waals surface area contributed by atoms with Crippen LogP contribution in [0.4, 0.5) is 0 Å². The Morgan fingerprint density at radius 1 is 0.636 bits per heavy atom. The van der Waals surface area contributed by atoms with Gasteiger partial charge in [-0.3, -0.25) is 9.13 Å². The number of hydrogen-bond acceptors (Lipinski definition) is 6. The molecule has 0 aliphatic heterocycles. The first kappa shape index (κ1) is 19.6. The lowest BCUT2D eigenvalue weighted by atomic mass is 10.4. The van der Waals surface area contributed by atoms with Gasteiger partial charge in [-0.2, -0.15) is 0 Å². The van der Waals surface area contributed by atoms with E-state index < -0.39 is 15.2 Å². The Morgan fingerprint density at radius 3 is 1.05 bits per heavy atom. The van der Waals surface area contributed by atoms with Gasteiger partial charge in [-0.15, -0.1) is 0 Å². The zero-order chi connectivity index (χ0) is 16.6. The summed E-state index contributed by atoms with van der Waals surface area (Å²) in [5.41, 5.74) is 0. The maximum atomic E-state index is 12.7. The second-order valence-corrected chi connectivity index (χ2v) is 8.24. The third-order valence-corrected chi connectivity index (χ3v) is 6.93.